The second-order valence-corrected chi connectivity index (χ2v) is 8.09. The fourth-order valence-corrected chi connectivity index (χ4v) is 3.95. The number of esters is 2. The van der Waals surface area contributed by atoms with E-state index in [1.807, 2.05) is 41.8 Å². The van der Waals surface area contributed by atoms with Gasteiger partial charge in [-0.05, 0) is 12.5 Å². The standard InChI is InChI=1S/C23H25N5O6/c1-14-10-27-19-20(24-22(27)26(14)11-17-8-6-5-7-9-17)25(4)23(32)28(21(19)31)12-18(34-16(3)30)13-33-15(2)29/h5-10,18H,11-13H2,1-4H3/t18-/m0/s1. The molecule has 0 radical (unpaired) electrons. The molecule has 0 aliphatic heterocycles. The number of rotatable bonds is 7. The van der Waals surface area contributed by atoms with Crippen LogP contribution in [-0.4, -0.2) is 47.7 Å². The summed E-state index contributed by atoms with van der Waals surface area (Å²) in [6.07, 6.45) is 0.795. The van der Waals surface area contributed by atoms with Gasteiger partial charge in [-0.2, -0.15) is 4.98 Å². The Bertz CT molecular complexity index is 1510. The predicted octanol–water partition coefficient (Wildman–Crippen LogP) is 1.00. The Hall–Kier alpha value is -4.15. The zero-order valence-corrected chi connectivity index (χ0v) is 19.3. The molecule has 0 aliphatic carbocycles. The SMILES string of the molecule is CC(=O)OC[C@H](Cn1c(=O)c2c(nc3n(Cc4ccccc4)c(C)cn23)n(C)c1=O)OC(C)=O. The number of fused-ring (bicyclic) bond motifs is 3. The summed E-state index contributed by atoms with van der Waals surface area (Å²) in [6.45, 7) is 4.32. The minimum atomic E-state index is -1.00. The highest BCUT2D eigenvalue weighted by Gasteiger charge is 2.23. The molecule has 34 heavy (non-hydrogen) atoms. The molecule has 3 heterocycles. The van der Waals surface area contributed by atoms with Gasteiger partial charge >= 0.3 is 17.6 Å². The highest BCUT2D eigenvalue weighted by atomic mass is 16.6. The molecule has 4 rings (SSSR count). The molecular formula is C23H25N5O6. The molecule has 1 atom stereocenters. The van der Waals surface area contributed by atoms with Crippen LogP contribution in [0.4, 0.5) is 0 Å². The van der Waals surface area contributed by atoms with Gasteiger partial charge in [0.15, 0.2) is 17.3 Å². The molecule has 0 bridgehead atoms. The lowest BCUT2D eigenvalue weighted by Crippen LogP contribution is -2.43. The van der Waals surface area contributed by atoms with Crippen LogP contribution in [0.3, 0.4) is 0 Å². The first-order valence-electron chi connectivity index (χ1n) is 10.7. The van der Waals surface area contributed by atoms with Crippen LogP contribution in [0.1, 0.15) is 25.1 Å². The van der Waals surface area contributed by atoms with Crippen LogP contribution in [-0.2, 0) is 39.2 Å². The van der Waals surface area contributed by atoms with Gasteiger partial charge in [-0.1, -0.05) is 30.3 Å². The Morgan fingerprint density at radius 1 is 1.06 bits per heavy atom. The van der Waals surface area contributed by atoms with Crippen molar-refractivity contribution in [2.24, 2.45) is 7.05 Å². The van der Waals surface area contributed by atoms with Crippen molar-refractivity contribution in [3.05, 3.63) is 68.6 Å². The summed E-state index contributed by atoms with van der Waals surface area (Å²) in [6, 6.07) is 9.84. The lowest BCUT2D eigenvalue weighted by atomic mass is 10.2. The van der Waals surface area contributed by atoms with E-state index in [0.717, 1.165) is 15.8 Å². The number of benzene rings is 1. The number of carbonyl (C=O) groups excluding carboxylic acids is 2. The minimum Gasteiger partial charge on any atom is -0.462 e. The van der Waals surface area contributed by atoms with Gasteiger partial charge in [-0.3, -0.25) is 27.9 Å². The number of carbonyl (C=O) groups is 2. The highest BCUT2D eigenvalue weighted by molar-refractivity contribution is 5.75. The summed E-state index contributed by atoms with van der Waals surface area (Å²) in [5, 5.41) is 0. The fraction of sp³-hybridized carbons (Fsp3) is 0.348. The maximum absolute atomic E-state index is 13.4. The van der Waals surface area contributed by atoms with Crippen LogP contribution < -0.4 is 11.2 Å². The van der Waals surface area contributed by atoms with Crippen molar-refractivity contribution in [1.82, 2.24) is 23.1 Å². The van der Waals surface area contributed by atoms with Gasteiger partial charge in [0, 0.05) is 32.8 Å². The first kappa shape index (κ1) is 23.0. The smallest absolute Gasteiger partial charge is 0.332 e. The van der Waals surface area contributed by atoms with E-state index in [-0.39, 0.29) is 24.3 Å². The van der Waals surface area contributed by atoms with Crippen LogP contribution in [0.25, 0.3) is 16.9 Å². The molecule has 3 aromatic heterocycles. The normalized spacial score (nSPS) is 12.2. The third-order valence-electron chi connectivity index (χ3n) is 5.52. The van der Waals surface area contributed by atoms with Crippen LogP contribution in [0.15, 0.2) is 46.1 Å². The first-order chi connectivity index (χ1) is 16.2. The molecular weight excluding hydrogens is 442 g/mol. The fourth-order valence-electron chi connectivity index (χ4n) is 3.95. The second-order valence-electron chi connectivity index (χ2n) is 8.09. The summed E-state index contributed by atoms with van der Waals surface area (Å²) in [7, 11) is 1.52. The van der Waals surface area contributed by atoms with Crippen molar-refractivity contribution in [1.29, 1.82) is 0 Å². The maximum Gasteiger partial charge on any atom is 0.332 e. The lowest BCUT2D eigenvalue weighted by Gasteiger charge is -2.18. The summed E-state index contributed by atoms with van der Waals surface area (Å²) in [5.41, 5.74) is 1.22. The van der Waals surface area contributed by atoms with Gasteiger partial charge < -0.3 is 14.0 Å². The molecule has 0 fully saturated rings. The van der Waals surface area contributed by atoms with E-state index in [1.54, 1.807) is 10.6 Å². The Kier molecular flexibility index (Phi) is 6.10. The van der Waals surface area contributed by atoms with Gasteiger partial charge in [0.2, 0.25) is 5.78 Å². The number of hydrogen-bond acceptors (Lipinski definition) is 7. The topological polar surface area (TPSA) is 119 Å². The van der Waals surface area contributed by atoms with Gasteiger partial charge in [0.1, 0.15) is 6.61 Å². The molecule has 0 unspecified atom stereocenters. The first-order valence-corrected chi connectivity index (χ1v) is 10.7. The number of nitrogens with zero attached hydrogens (tertiary/aromatic N) is 5. The molecule has 0 aliphatic rings. The van der Waals surface area contributed by atoms with Gasteiger partial charge in [-0.15, -0.1) is 0 Å². The number of ether oxygens (including phenoxy) is 2. The van der Waals surface area contributed by atoms with Crippen LogP contribution in [0.2, 0.25) is 0 Å². The average molecular weight is 467 g/mol. The largest absolute Gasteiger partial charge is 0.462 e. The summed E-state index contributed by atoms with van der Waals surface area (Å²) in [5.74, 6) is -0.665. The molecule has 0 saturated carbocycles. The zero-order chi connectivity index (χ0) is 24.6. The minimum absolute atomic E-state index is 0.223. The highest BCUT2D eigenvalue weighted by Crippen LogP contribution is 2.18. The third-order valence-corrected chi connectivity index (χ3v) is 5.52. The quantitative estimate of drug-likeness (QED) is 0.372. The third kappa shape index (κ3) is 4.24. The van der Waals surface area contributed by atoms with E-state index in [0.29, 0.717) is 12.3 Å². The predicted molar refractivity (Wildman–Crippen MR) is 123 cm³/mol. The molecule has 4 aromatic rings. The van der Waals surface area contributed by atoms with E-state index < -0.39 is 29.3 Å². The van der Waals surface area contributed by atoms with Crippen LogP contribution >= 0.6 is 0 Å². The summed E-state index contributed by atoms with van der Waals surface area (Å²) < 4.78 is 16.0. The van der Waals surface area contributed by atoms with Gasteiger partial charge in [0.05, 0.1) is 13.1 Å². The lowest BCUT2D eigenvalue weighted by molar-refractivity contribution is -0.157. The van der Waals surface area contributed by atoms with E-state index in [1.165, 1.54) is 25.5 Å². The Balaban J connectivity index is 1.83. The molecule has 178 valence electrons. The zero-order valence-electron chi connectivity index (χ0n) is 19.3. The van der Waals surface area contributed by atoms with Crippen molar-refractivity contribution in [3.63, 3.8) is 0 Å². The maximum atomic E-state index is 13.4. The van der Waals surface area contributed by atoms with Crippen molar-refractivity contribution >= 4 is 28.9 Å². The number of aromatic nitrogens is 5. The molecule has 0 amide bonds. The summed E-state index contributed by atoms with van der Waals surface area (Å²) in [4.78, 5) is 53.8. The van der Waals surface area contributed by atoms with Crippen LogP contribution in [0, 0.1) is 6.92 Å². The molecule has 11 heteroatoms. The average Bonchev–Trinajstić information content (AvgIpc) is 3.29. The Labute approximate surface area is 193 Å². The van der Waals surface area contributed by atoms with Crippen molar-refractivity contribution < 1.29 is 19.1 Å². The van der Waals surface area contributed by atoms with E-state index in [4.69, 9.17) is 9.47 Å². The molecule has 0 N–H and O–H groups in total. The molecule has 0 spiro atoms. The van der Waals surface area contributed by atoms with Crippen molar-refractivity contribution in [2.75, 3.05) is 6.61 Å². The summed E-state index contributed by atoms with van der Waals surface area (Å²) >= 11 is 0. The van der Waals surface area contributed by atoms with E-state index in [9.17, 15) is 19.2 Å². The molecule has 0 saturated heterocycles. The monoisotopic (exact) mass is 467 g/mol. The molecule has 1 aromatic carbocycles. The Morgan fingerprint density at radius 3 is 2.41 bits per heavy atom. The number of hydrogen-bond donors (Lipinski definition) is 0. The molecule has 11 nitrogen and oxygen atoms in total. The van der Waals surface area contributed by atoms with Gasteiger partial charge in [-0.25, -0.2) is 4.79 Å². The van der Waals surface area contributed by atoms with Crippen molar-refractivity contribution in [2.45, 2.75) is 40.0 Å². The number of imidazole rings is 2. The van der Waals surface area contributed by atoms with Crippen LogP contribution in [0.5, 0.6) is 0 Å². The van der Waals surface area contributed by atoms with E-state index >= 15 is 0 Å². The van der Waals surface area contributed by atoms with Gasteiger partial charge in [0.25, 0.3) is 5.56 Å². The van der Waals surface area contributed by atoms with E-state index in [2.05, 4.69) is 4.98 Å². The Morgan fingerprint density at radius 2 is 1.76 bits per heavy atom. The van der Waals surface area contributed by atoms with Crippen molar-refractivity contribution in [3.8, 4) is 0 Å². The number of aryl methyl sites for hydroxylation is 2. The second kappa shape index (κ2) is 9.00.